The number of nitrogens with zero attached hydrogens (tertiary/aromatic N) is 2. The highest BCUT2D eigenvalue weighted by Gasteiger charge is 2.24. The van der Waals surface area contributed by atoms with Gasteiger partial charge in [0.15, 0.2) is 0 Å². The van der Waals surface area contributed by atoms with Gasteiger partial charge >= 0.3 is 5.69 Å². The number of carbonyl (C=O) groups is 1. The van der Waals surface area contributed by atoms with E-state index in [2.05, 4.69) is 10.3 Å². The number of hydrogen-bond acceptors (Lipinski definition) is 5. The van der Waals surface area contributed by atoms with Gasteiger partial charge in [0.05, 0.1) is 11.5 Å². The molecular weight excluding hydrogens is 250 g/mol. The summed E-state index contributed by atoms with van der Waals surface area (Å²) >= 11 is 5.57. The highest BCUT2D eigenvalue weighted by molar-refractivity contribution is 6.32. The fourth-order valence-electron chi connectivity index (χ4n) is 1.15. The Morgan fingerprint density at radius 2 is 2.41 bits per heavy atom. The van der Waals surface area contributed by atoms with Crippen LogP contribution in [0.1, 0.15) is 10.4 Å². The number of halogens is 1. The summed E-state index contributed by atoms with van der Waals surface area (Å²) in [7, 11) is 1.48. The molecule has 1 rings (SSSR count). The Hall–Kier alpha value is -1.73. The molecule has 1 amide bonds. The second kappa shape index (κ2) is 6.12. The van der Waals surface area contributed by atoms with Gasteiger partial charge in [0.25, 0.3) is 5.91 Å². The lowest BCUT2D eigenvalue weighted by molar-refractivity contribution is -0.385. The maximum atomic E-state index is 11.6. The standard InChI is InChI=1S/C9H10ClN3O4/c1-17-5-4-12-9(14)6-2-3-11-8(10)7(6)13(15)16/h2-3H,4-5H2,1H3,(H,12,14). The van der Waals surface area contributed by atoms with Crippen molar-refractivity contribution in [3.8, 4) is 0 Å². The molecule has 1 aromatic rings. The molecule has 0 saturated heterocycles. The maximum absolute atomic E-state index is 11.6. The molecule has 0 radical (unpaired) electrons. The van der Waals surface area contributed by atoms with Crippen LogP contribution in [0.25, 0.3) is 0 Å². The molecule has 17 heavy (non-hydrogen) atoms. The van der Waals surface area contributed by atoms with Crippen molar-refractivity contribution in [3.63, 3.8) is 0 Å². The van der Waals surface area contributed by atoms with Crippen LogP contribution < -0.4 is 5.32 Å². The molecular formula is C9H10ClN3O4. The summed E-state index contributed by atoms with van der Waals surface area (Å²) in [6.07, 6.45) is 1.24. The highest BCUT2D eigenvalue weighted by Crippen LogP contribution is 2.25. The minimum Gasteiger partial charge on any atom is -0.383 e. The van der Waals surface area contributed by atoms with Crippen LogP contribution in [-0.4, -0.2) is 36.1 Å². The van der Waals surface area contributed by atoms with E-state index in [0.29, 0.717) is 6.61 Å². The van der Waals surface area contributed by atoms with Gasteiger partial charge in [-0.15, -0.1) is 0 Å². The summed E-state index contributed by atoms with van der Waals surface area (Å²) in [5.74, 6) is -0.585. The predicted octanol–water partition coefficient (Wildman–Crippen LogP) is 1.02. The molecule has 0 aliphatic rings. The van der Waals surface area contributed by atoms with E-state index in [-0.39, 0.29) is 17.3 Å². The van der Waals surface area contributed by atoms with Gasteiger partial charge in [0.1, 0.15) is 5.56 Å². The first-order chi connectivity index (χ1) is 8.07. The highest BCUT2D eigenvalue weighted by atomic mass is 35.5. The Bertz CT molecular complexity index is 438. The number of pyridine rings is 1. The van der Waals surface area contributed by atoms with Gasteiger partial charge < -0.3 is 10.1 Å². The number of methoxy groups -OCH3 is 1. The normalized spacial score (nSPS) is 10.0. The van der Waals surface area contributed by atoms with Crippen LogP contribution in [0.5, 0.6) is 0 Å². The molecule has 0 aliphatic carbocycles. The topological polar surface area (TPSA) is 94.4 Å². The van der Waals surface area contributed by atoms with Gasteiger partial charge in [-0.05, 0) is 6.07 Å². The Kier molecular flexibility index (Phi) is 4.80. The van der Waals surface area contributed by atoms with Crippen LogP contribution in [-0.2, 0) is 4.74 Å². The SMILES string of the molecule is COCCNC(=O)c1ccnc(Cl)c1[N+](=O)[O-]. The lowest BCUT2D eigenvalue weighted by Crippen LogP contribution is -2.27. The van der Waals surface area contributed by atoms with E-state index < -0.39 is 16.5 Å². The van der Waals surface area contributed by atoms with Crippen molar-refractivity contribution in [3.05, 3.63) is 33.1 Å². The second-order valence-corrected chi connectivity index (χ2v) is 3.36. The molecule has 1 N–H and O–H groups in total. The zero-order valence-corrected chi connectivity index (χ0v) is 9.73. The Morgan fingerprint density at radius 3 is 3.00 bits per heavy atom. The summed E-state index contributed by atoms with van der Waals surface area (Å²) < 4.78 is 4.74. The molecule has 0 aliphatic heterocycles. The fourth-order valence-corrected chi connectivity index (χ4v) is 1.37. The van der Waals surface area contributed by atoms with Crippen LogP contribution in [0.4, 0.5) is 5.69 Å². The summed E-state index contributed by atoms with van der Waals surface area (Å²) in [5, 5.41) is 12.9. The molecule has 0 spiro atoms. The van der Waals surface area contributed by atoms with Gasteiger partial charge in [0.2, 0.25) is 5.15 Å². The van der Waals surface area contributed by atoms with Crippen molar-refractivity contribution < 1.29 is 14.5 Å². The van der Waals surface area contributed by atoms with Gasteiger partial charge in [-0.2, -0.15) is 0 Å². The molecule has 7 nitrogen and oxygen atoms in total. The maximum Gasteiger partial charge on any atom is 0.319 e. The number of nitro groups is 1. The molecule has 1 aromatic heterocycles. The Balaban J connectivity index is 2.93. The van der Waals surface area contributed by atoms with E-state index in [0.717, 1.165) is 0 Å². The number of aromatic nitrogens is 1. The van der Waals surface area contributed by atoms with E-state index in [4.69, 9.17) is 16.3 Å². The molecule has 0 bridgehead atoms. The minimum absolute atomic E-state index is 0.119. The van der Waals surface area contributed by atoms with Crippen LogP contribution in [0.2, 0.25) is 5.15 Å². The van der Waals surface area contributed by atoms with Crippen molar-refractivity contribution in [2.75, 3.05) is 20.3 Å². The van der Waals surface area contributed by atoms with E-state index >= 15 is 0 Å². The average molecular weight is 260 g/mol. The summed E-state index contributed by atoms with van der Waals surface area (Å²) in [6, 6.07) is 1.24. The zero-order valence-electron chi connectivity index (χ0n) is 8.97. The van der Waals surface area contributed by atoms with Gasteiger partial charge in [-0.1, -0.05) is 11.6 Å². The predicted molar refractivity (Wildman–Crippen MR) is 60.1 cm³/mol. The smallest absolute Gasteiger partial charge is 0.319 e. The molecule has 0 unspecified atom stereocenters. The van der Waals surface area contributed by atoms with Crippen molar-refractivity contribution in [2.45, 2.75) is 0 Å². The van der Waals surface area contributed by atoms with Crippen LogP contribution in [0, 0.1) is 10.1 Å². The van der Waals surface area contributed by atoms with Gasteiger partial charge in [-0.3, -0.25) is 14.9 Å². The number of hydrogen-bond donors (Lipinski definition) is 1. The van der Waals surface area contributed by atoms with Crippen LogP contribution in [0.3, 0.4) is 0 Å². The lowest BCUT2D eigenvalue weighted by Gasteiger charge is -2.05. The summed E-state index contributed by atoms with van der Waals surface area (Å²) in [4.78, 5) is 25.2. The van der Waals surface area contributed by atoms with Gasteiger partial charge in [-0.25, -0.2) is 4.98 Å². The molecule has 0 atom stereocenters. The first kappa shape index (κ1) is 13.3. The number of ether oxygens (including phenoxy) is 1. The summed E-state index contributed by atoms with van der Waals surface area (Å²) in [6.45, 7) is 0.574. The van der Waals surface area contributed by atoms with Crippen molar-refractivity contribution in [1.29, 1.82) is 0 Å². The van der Waals surface area contributed by atoms with Crippen molar-refractivity contribution in [2.24, 2.45) is 0 Å². The fraction of sp³-hybridized carbons (Fsp3) is 0.333. The van der Waals surface area contributed by atoms with E-state index in [1.165, 1.54) is 19.4 Å². The molecule has 1 heterocycles. The quantitative estimate of drug-likeness (QED) is 0.369. The number of amides is 1. The van der Waals surface area contributed by atoms with Crippen molar-refractivity contribution in [1.82, 2.24) is 10.3 Å². The monoisotopic (exact) mass is 259 g/mol. The molecule has 0 aromatic carbocycles. The number of carbonyl (C=O) groups excluding carboxylic acids is 1. The molecule has 92 valence electrons. The first-order valence-electron chi connectivity index (χ1n) is 4.64. The Morgan fingerprint density at radius 1 is 1.71 bits per heavy atom. The number of nitrogens with one attached hydrogen (secondary N) is 1. The van der Waals surface area contributed by atoms with Crippen LogP contribution >= 0.6 is 11.6 Å². The average Bonchev–Trinajstić information content (AvgIpc) is 2.28. The largest absolute Gasteiger partial charge is 0.383 e. The lowest BCUT2D eigenvalue weighted by atomic mass is 10.2. The zero-order chi connectivity index (χ0) is 12.8. The van der Waals surface area contributed by atoms with Gasteiger partial charge in [0, 0.05) is 19.9 Å². The van der Waals surface area contributed by atoms with E-state index in [1.807, 2.05) is 0 Å². The van der Waals surface area contributed by atoms with Crippen LogP contribution in [0.15, 0.2) is 12.3 Å². The second-order valence-electron chi connectivity index (χ2n) is 3.00. The third kappa shape index (κ3) is 3.36. The molecule has 8 heteroatoms. The minimum atomic E-state index is -0.736. The first-order valence-corrected chi connectivity index (χ1v) is 5.01. The molecule has 0 fully saturated rings. The van der Waals surface area contributed by atoms with E-state index in [9.17, 15) is 14.9 Å². The third-order valence-electron chi connectivity index (χ3n) is 1.90. The van der Waals surface area contributed by atoms with Crippen molar-refractivity contribution >= 4 is 23.2 Å². The Labute approximate surface area is 102 Å². The third-order valence-corrected chi connectivity index (χ3v) is 2.18. The molecule has 0 saturated carbocycles. The number of rotatable bonds is 5. The summed E-state index contributed by atoms with van der Waals surface area (Å²) in [5.41, 5.74) is -0.616. The van der Waals surface area contributed by atoms with E-state index in [1.54, 1.807) is 0 Å².